The van der Waals surface area contributed by atoms with Crippen LogP contribution in [0.15, 0.2) is 91.0 Å². The van der Waals surface area contributed by atoms with Gasteiger partial charge < -0.3 is 19.1 Å². The summed E-state index contributed by atoms with van der Waals surface area (Å²) in [6.45, 7) is 1.77. The van der Waals surface area contributed by atoms with Gasteiger partial charge in [-0.3, -0.25) is 9.63 Å². The fourth-order valence-corrected chi connectivity index (χ4v) is 5.20. The molecule has 2 aliphatic rings. The number of hydroxylamine groups is 2. The molecule has 200 valence electrons. The summed E-state index contributed by atoms with van der Waals surface area (Å²) < 4.78 is 19.3. The maximum absolute atomic E-state index is 12.8. The number of carbonyl (C=O) groups excluding carboxylic acids is 1. The van der Waals surface area contributed by atoms with Crippen LogP contribution in [0.1, 0.15) is 23.1 Å². The highest BCUT2D eigenvalue weighted by atomic mass is 16.7. The van der Waals surface area contributed by atoms with Crippen molar-refractivity contribution in [2.75, 3.05) is 20.7 Å². The average molecular weight is 517 g/mol. The Kier molecular flexibility index (Phi) is 8.83. The van der Waals surface area contributed by atoms with Gasteiger partial charge in [-0.15, -0.1) is 0 Å². The molecule has 7 nitrogen and oxygen atoms in total. The molecular weight excluding hydrogens is 480 g/mol. The third-order valence-corrected chi connectivity index (χ3v) is 7.13. The van der Waals surface area contributed by atoms with Gasteiger partial charge in [0, 0.05) is 20.5 Å². The largest absolute Gasteiger partial charge is 0.375 e. The Morgan fingerprint density at radius 3 is 1.82 bits per heavy atom. The topological polar surface area (TPSA) is 60.5 Å². The maximum Gasteiger partial charge on any atom is 0.253 e. The Morgan fingerprint density at radius 2 is 1.29 bits per heavy atom. The third kappa shape index (κ3) is 6.31. The summed E-state index contributed by atoms with van der Waals surface area (Å²) in [5, 5.41) is 1.92. The van der Waals surface area contributed by atoms with Crippen molar-refractivity contribution >= 4 is 5.91 Å². The van der Waals surface area contributed by atoms with Crippen molar-refractivity contribution in [3.05, 3.63) is 108 Å². The highest BCUT2D eigenvalue weighted by molar-refractivity contribution is 5.80. The van der Waals surface area contributed by atoms with E-state index in [1.54, 1.807) is 19.0 Å². The van der Waals surface area contributed by atoms with E-state index >= 15 is 0 Å². The molecule has 2 saturated heterocycles. The SMILES string of the molecule is CN(C)C(=O)[C@H]1C[C@@H]2[C@@H](OCc3ccccc3)[C@H](OCc3ccccc3)[C@@H](COCc3ccccc3)N2O1. The Balaban J connectivity index is 1.37. The Bertz CT molecular complexity index is 1140. The first kappa shape index (κ1) is 26.5. The van der Waals surface area contributed by atoms with Crippen LogP contribution in [0.3, 0.4) is 0 Å². The first-order chi connectivity index (χ1) is 18.6. The van der Waals surface area contributed by atoms with E-state index in [0.717, 1.165) is 16.7 Å². The van der Waals surface area contributed by atoms with Crippen molar-refractivity contribution in [1.82, 2.24) is 9.96 Å². The molecule has 0 aromatic heterocycles. The molecule has 0 radical (unpaired) electrons. The molecule has 2 aliphatic heterocycles. The van der Waals surface area contributed by atoms with Gasteiger partial charge in [-0.25, -0.2) is 0 Å². The van der Waals surface area contributed by atoms with Crippen LogP contribution >= 0.6 is 0 Å². The lowest BCUT2D eigenvalue weighted by molar-refractivity contribution is -0.202. The predicted molar refractivity (Wildman–Crippen MR) is 144 cm³/mol. The summed E-state index contributed by atoms with van der Waals surface area (Å²) in [6, 6.07) is 30.0. The molecule has 1 amide bonds. The molecule has 0 N–H and O–H groups in total. The van der Waals surface area contributed by atoms with Gasteiger partial charge in [-0.1, -0.05) is 91.0 Å². The van der Waals surface area contributed by atoms with Crippen LogP contribution in [-0.2, 0) is 43.7 Å². The number of nitrogens with zero attached hydrogens (tertiary/aromatic N) is 2. The number of amides is 1. The Hall–Kier alpha value is -3.07. The van der Waals surface area contributed by atoms with E-state index in [1.165, 1.54) is 0 Å². The van der Waals surface area contributed by atoms with Crippen LogP contribution in [0, 0.1) is 0 Å². The Labute approximate surface area is 224 Å². The standard InChI is InChI=1S/C31H36N2O5/c1-32(2)31(34)28-18-26-29(36-20-24-14-8-4-9-15-24)30(37-21-25-16-10-5-11-17-25)27(33(26)38-28)22-35-19-23-12-6-3-7-13-23/h3-17,26-30H,18-22H2,1-2H3/t26-,27-,28-,29-,30-/m1/s1. The van der Waals surface area contributed by atoms with E-state index in [4.69, 9.17) is 19.0 Å². The van der Waals surface area contributed by atoms with E-state index < -0.39 is 6.10 Å². The van der Waals surface area contributed by atoms with E-state index in [-0.39, 0.29) is 30.2 Å². The van der Waals surface area contributed by atoms with Crippen molar-refractivity contribution in [2.45, 2.75) is 56.6 Å². The second-order valence-electron chi connectivity index (χ2n) is 10.1. The molecule has 0 bridgehead atoms. The van der Waals surface area contributed by atoms with Gasteiger partial charge in [0.2, 0.25) is 0 Å². The van der Waals surface area contributed by atoms with E-state index in [1.807, 2.05) is 71.8 Å². The van der Waals surface area contributed by atoms with Crippen LogP contribution in [0.2, 0.25) is 0 Å². The molecule has 0 unspecified atom stereocenters. The van der Waals surface area contributed by atoms with Crippen molar-refractivity contribution in [2.24, 2.45) is 0 Å². The third-order valence-electron chi connectivity index (χ3n) is 7.13. The molecule has 5 rings (SSSR count). The second-order valence-corrected chi connectivity index (χ2v) is 10.1. The van der Waals surface area contributed by atoms with Gasteiger partial charge in [-0.2, -0.15) is 5.06 Å². The van der Waals surface area contributed by atoms with Crippen LogP contribution in [0.4, 0.5) is 0 Å². The highest BCUT2D eigenvalue weighted by Crippen LogP contribution is 2.39. The number of hydrogen-bond donors (Lipinski definition) is 0. The van der Waals surface area contributed by atoms with Crippen molar-refractivity contribution in [3.8, 4) is 0 Å². The van der Waals surface area contributed by atoms with Crippen LogP contribution in [0.25, 0.3) is 0 Å². The van der Waals surface area contributed by atoms with Crippen LogP contribution in [-0.4, -0.2) is 67.0 Å². The lowest BCUT2D eigenvalue weighted by atomic mass is 10.0. The number of benzene rings is 3. The fraction of sp³-hybridized carbons (Fsp3) is 0.387. The molecule has 3 aromatic carbocycles. The van der Waals surface area contributed by atoms with E-state index in [2.05, 4.69) is 24.3 Å². The highest BCUT2D eigenvalue weighted by Gasteiger charge is 2.57. The fourth-order valence-electron chi connectivity index (χ4n) is 5.20. The predicted octanol–water partition coefficient (Wildman–Crippen LogP) is 4.22. The number of carbonyl (C=O) groups is 1. The van der Waals surface area contributed by atoms with Crippen molar-refractivity contribution in [3.63, 3.8) is 0 Å². The molecule has 3 aromatic rings. The number of rotatable bonds is 11. The summed E-state index contributed by atoms with van der Waals surface area (Å²) >= 11 is 0. The first-order valence-electron chi connectivity index (χ1n) is 13.2. The lowest BCUT2D eigenvalue weighted by Gasteiger charge is -2.29. The molecule has 0 saturated carbocycles. The molecule has 7 heteroatoms. The number of hydrogen-bond acceptors (Lipinski definition) is 6. The lowest BCUT2D eigenvalue weighted by Crippen LogP contribution is -2.44. The monoisotopic (exact) mass is 516 g/mol. The van der Waals surface area contributed by atoms with Gasteiger partial charge in [0.1, 0.15) is 12.2 Å². The normalized spacial score (nSPS) is 24.8. The minimum Gasteiger partial charge on any atom is -0.375 e. The molecule has 0 aliphatic carbocycles. The smallest absolute Gasteiger partial charge is 0.253 e. The zero-order valence-electron chi connectivity index (χ0n) is 22.0. The second kappa shape index (κ2) is 12.7. The average Bonchev–Trinajstić information content (AvgIpc) is 3.49. The zero-order valence-corrected chi connectivity index (χ0v) is 22.0. The summed E-state index contributed by atoms with van der Waals surface area (Å²) in [5.41, 5.74) is 3.28. The van der Waals surface area contributed by atoms with Crippen molar-refractivity contribution < 1.29 is 23.8 Å². The minimum absolute atomic E-state index is 0.0492. The molecule has 0 spiro atoms. The molecule has 5 atom stereocenters. The van der Waals surface area contributed by atoms with Crippen molar-refractivity contribution in [1.29, 1.82) is 0 Å². The molecular formula is C31H36N2O5. The van der Waals surface area contributed by atoms with Gasteiger partial charge in [-0.05, 0) is 16.7 Å². The van der Waals surface area contributed by atoms with Crippen LogP contribution < -0.4 is 0 Å². The molecule has 2 heterocycles. The summed E-state index contributed by atoms with van der Waals surface area (Å²) in [7, 11) is 3.51. The maximum atomic E-state index is 12.8. The molecule has 2 fully saturated rings. The van der Waals surface area contributed by atoms with Gasteiger partial charge in [0.05, 0.1) is 38.5 Å². The minimum atomic E-state index is -0.551. The number of fused-ring (bicyclic) bond motifs is 1. The number of ether oxygens (including phenoxy) is 3. The summed E-state index contributed by atoms with van der Waals surface area (Å²) in [6.07, 6.45) is -0.597. The quantitative estimate of drug-likeness (QED) is 0.380. The zero-order chi connectivity index (χ0) is 26.3. The Morgan fingerprint density at radius 1 is 0.789 bits per heavy atom. The van der Waals surface area contributed by atoms with E-state index in [0.29, 0.717) is 32.8 Å². The van der Waals surface area contributed by atoms with Gasteiger partial charge in [0.15, 0.2) is 6.10 Å². The van der Waals surface area contributed by atoms with E-state index in [9.17, 15) is 4.79 Å². The summed E-state index contributed by atoms with van der Waals surface area (Å²) in [4.78, 5) is 20.7. The number of likely N-dealkylation sites (N-methyl/N-ethyl adjacent to an activating group) is 1. The first-order valence-corrected chi connectivity index (χ1v) is 13.2. The van der Waals surface area contributed by atoms with Gasteiger partial charge in [0.25, 0.3) is 5.91 Å². The summed E-state index contributed by atoms with van der Waals surface area (Å²) in [5.74, 6) is -0.0492. The van der Waals surface area contributed by atoms with Crippen LogP contribution in [0.5, 0.6) is 0 Å². The van der Waals surface area contributed by atoms with Gasteiger partial charge >= 0.3 is 0 Å². The molecule has 38 heavy (non-hydrogen) atoms.